The predicted octanol–water partition coefficient (Wildman–Crippen LogP) is -0.299. The van der Waals surface area contributed by atoms with Crippen molar-refractivity contribution in [2.45, 2.75) is 12.6 Å². The lowest BCUT2D eigenvalue weighted by Crippen LogP contribution is -2.49. The molecule has 2 aromatic heterocycles. The topological polar surface area (TPSA) is 86.2 Å². The molecule has 1 saturated heterocycles. The van der Waals surface area contributed by atoms with E-state index in [4.69, 9.17) is 5.73 Å². The Morgan fingerprint density at radius 2 is 2.14 bits per heavy atom. The molecule has 110 valence electrons. The fraction of sp³-hybridized carbons (Fsp3) is 0.357. The van der Waals surface area contributed by atoms with Gasteiger partial charge in [0.15, 0.2) is 0 Å². The molecule has 1 aliphatic heterocycles. The number of likely N-dealkylation sites (tertiary alicyclic amines) is 1. The molecule has 3 heterocycles. The van der Waals surface area contributed by atoms with E-state index in [0.29, 0.717) is 12.1 Å². The summed E-state index contributed by atoms with van der Waals surface area (Å²) in [7, 11) is 0. The van der Waals surface area contributed by atoms with E-state index in [1.807, 2.05) is 6.07 Å². The van der Waals surface area contributed by atoms with Gasteiger partial charge < -0.3 is 10.3 Å². The van der Waals surface area contributed by atoms with Crippen molar-refractivity contribution >= 4 is 5.91 Å². The van der Waals surface area contributed by atoms with Crippen molar-refractivity contribution in [2.24, 2.45) is 5.73 Å². The predicted molar refractivity (Wildman–Crippen MR) is 76.9 cm³/mol. The van der Waals surface area contributed by atoms with Crippen molar-refractivity contribution in [2.75, 3.05) is 19.6 Å². The van der Waals surface area contributed by atoms with Gasteiger partial charge in [0, 0.05) is 44.6 Å². The minimum absolute atomic E-state index is 0.0211. The van der Waals surface area contributed by atoms with Crippen molar-refractivity contribution in [1.29, 1.82) is 0 Å². The number of carbonyl (C=O) groups is 1. The van der Waals surface area contributed by atoms with Gasteiger partial charge in [0.05, 0.1) is 17.8 Å². The first-order chi connectivity index (χ1) is 10.1. The molecule has 0 saturated carbocycles. The van der Waals surface area contributed by atoms with Crippen LogP contribution in [0, 0.1) is 0 Å². The third-order valence-corrected chi connectivity index (χ3v) is 3.75. The van der Waals surface area contributed by atoms with Crippen molar-refractivity contribution in [3.63, 3.8) is 0 Å². The summed E-state index contributed by atoms with van der Waals surface area (Å²) in [6, 6.07) is 5.43. The molecule has 3 rings (SSSR count). The molecule has 2 aromatic rings. The Bertz CT molecular complexity index is 699. The van der Waals surface area contributed by atoms with E-state index in [-0.39, 0.29) is 11.6 Å². The molecule has 0 spiro atoms. The Hall–Kier alpha value is -2.41. The Labute approximate surface area is 121 Å². The van der Waals surface area contributed by atoms with Gasteiger partial charge in [-0.3, -0.25) is 19.2 Å². The minimum Gasteiger partial charge on any atom is -0.366 e. The largest absolute Gasteiger partial charge is 0.366 e. The highest BCUT2D eigenvalue weighted by atomic mass is 16.1. The van der Waals surface area contributed by atoms with Gasteiger partial charge in [-0.05, 0) is 6.07 Å². The molecule has 7 heteroatoms. The molecule has 0 aromatic carbocycles. The molecular weight excluding hydrogens is 270 g/mol. The lowest BCUT2D eigenvalue weighted by Gasteiger charge is -2.39. The van der Waals surface area contributed by atoms with Crippen LogP contribution in [-0.2, 0) is 6.54 Å². The van der Waals surface area contributed by atoms with Crippen LogP contribution in [0.5, 0.6) is 0 Å². The zero-order valence-corrected chi connectivity index (χ0v) is 11.6. The molecule has 0 aliphatic carbocycles. The summed E-state index contributed by atoms with van der Waals surface area (Å²) >= 11 is 0. The van der Waals surface area contributed by atoms with Crippen LogP contribution in [0.25, 0.3) is 0 Å². The van der Waals surface area contributed by atoms with Gasteiger partial charge in [-0.25, -0.2) is 0 Å². The highest BCUT2D eigenvalue weighted by Gasteiger charge is 2.28. The van der Waals surface area contributed by atoms with Gasteiger partial charge in [0.25, 0.3) is 11.5 Å². The minimum atomic E-state index is -0.458. The molecule has 0 unspecified atom stereocenters. The second kappa shape index (κ2) is 5.53. The monoisotopic (exact) mass is 287 g/mol. The first kappa shape index (κ1) is 13.6. The maximum Gasteiger partial charge on any atom is 0.251 e. The molecule has 1 amide bonds. The first-order valence-electron chi connectivity index (χ1n) is 6.85. The third-order valence-electron chi connectivity index (χ3n) is 3.75. The standard InChI is InChI=1S/C14H17N5O2/c15-14(21)11-7-16-19(8-11)12-9-17(10-12)5-6-18-4-2-1-3-13(18)20/h1-4,7-8,12H,5-6,9-10H2,(H2,15,21). The molecule has 2 N–H and O–H groups in total. The molecule has 7 nitrogen and oxygen atoms in total. The molecule has 1 aliphatic rings. The fourth-order valence-corrected chi connectivity index (χ4v) is 2.45. The molecule has 0 radical (unpaired) electrons. The number of nitrogens with two attached hydrogens (primary N) is 1. The van der Waals surface area contributed by atoms with E-state index in [1.165, 1.54) is 6.20 Å². The number of nitrogens with zero attached hydrogens (tertiary/aromatic N) is 4. The van der Waals surface area contributed by atoms with E-state index in [2.05, 4.69) is 10.00 Å². The maximum absolute atomic E-state index is 11.6. The lowest BCUT2D eigenvalue weighted by atomic mass is 10.1. The average molecular weight is 287 g/mol. The SMILES string of the molecule is NC(=O)c1cnn(C2CN(CCn3ccccc3=O)C2)c1. The van der Waals surface area contributed by atoms with Crippen LogP contribution >= 0.6 is 0 Å². The van der Waals surface area contributed by atoms with Gasteiger partial charge in [-0.2, -0.15) is 5.10 Å². The molecule has 0 bridgehead atoms. The van der Waals surface area contributed by atoms with Crippen LogP contribution < -0.4 is 11.3 Å². The van der Waals surface area contributed by atoms with Crippen molar-refractivity contribution in [3.8, 4) is 0 Å². The fourth-order valence-electron chi connectivity index (χ4n) is 2.45. The molecular formula is C14H17N5O2. The van der Waals surface area contributed by atoms with E-state index in [0.717, 1.165) is 19.6 Å². The Morgan fingerprint density at radius 1 is 1.33 bits per heavy atom. The van der Waals surface area contributed by atoms with Crippen LogP contribution in [0.2, 0.25) is 0 Å². The number of aromatic nitrogens is 3. The van der Waals surface area contributed by atoms with Crippen molar-refractivity contribution in [1.82, 2.24) is 19.2 Å². The Balaban J connectivity index is 1.50. The summed E-state index contributed by atoms with van der Waals surface area (Å²) in [6.07, 6.45) is 4.98. The summed E-state index contributed by atoms with van der Waals surface area (Å²) in [5, 5.41) is 4.16. The van der Waals surface area contributed by atoms with E-state index < -0.39 is 5.91 Å². The van der Waals surface area contributed by atoms with E-state index in [9.17, 15) is 9.59 Å². The summed E-state index contributed by atoms with van der Waals surface area (Å²) in [4.78, 5) is 24.8. The van der Waals surface area contributed by atoms with Gasteiger partial charge in [-0.15, -0.1) is 0 Å². The zero-order valence-electron chi connectivity index (χ0n) is 11.6. The van der Waals surface area contributed by atoms with Crippen LogP contribution in [-0.4, -0.2) is 44.8 Å². The Kier molecular flexibility index (Phi) is 3.57. The number of hydrogen-bond donors (Lipinski definition) is 1. The van der Waals surface area contributed by atoms with E-state index >= 15 is 0 Å². The van der Waals surface area contributed by atoms with Crippen LogP contribution in [0.4, 0.5) is 0 Å². The number of carbonyl (C=O) groups excluding carboxylic acids is 1. The number of amides is 1. The van der Waals surface area contributed by atoms with Crippen molar-refractivity contribution < 1.29 is 4.79 Å². The number of pyridine rings is 1. The normalized spacial score (nSPS) is 15.8. The number of rotatable bonds is 5. The number of hydrogen-bond acceptors (Lipinski definition) is 4. The second-order valence-electron chi connectivity index (χ2n) is 5.22. The Morgan fingerprint density at radius 3 is 2.81 bits per heavy atom. The smallest absolute Gasteiger partial charge is 0.251 e. The van der Waals surface area contributed by atoms with Crippen LogP contribution in [0.15, 0.2) is 41.6 Å². The highest BCUT2D eigenvalue weighted by molar-refractivity contribution is 5.92. The average Bonchev–Trinajstić information content (AvgIpc) is 2.88. The lowest BCUT2D eigenvalue weighted by molar-refractivity contribution is 0.0938. The van der Waals surface area contributed by atoms with Gasteiger partial charge in [0.1, 0.15) is 0 Å². The first-order valence-corrected chi connectivity index (χ1v) is 6.85. The quantitative estimate of drug-likeness (QED) is 0.818. The van der Waals surface area contributed by atoms with Crippen LogP contribution in [0.1, 0.15) is 16.4 Å². The molecule has 0 atom stereocenters. The summed E-state index contributed by atoms with van der Waals surface area (Å²) in [6.45, 7) is 3.23. The van der Waals surface area contributed by atoms with Crippen molar-refractivity contribution in [3.05, 3.63) is 52.7 Å². The number of primary amides is 1. The van der Waals surface area contributed by atoms with Crippen LogP contribution in [0.3, 0.4) is 0 Å². The summed E-state index contributed by atoms with van der Waals surface area (Å²) < 4.78 is 3.48. The third kappa shape index (κ3) is 2.87. The second-order valence-corrected chi connectivity index (χ2v) is 5.22. The van der Waals surface area contributed by atoms with Gasteiger partial charge in [-0.1, -0.05) is 6.07 Å². The summed E-state index contributed by atoms with van der Waals surface area (Å²) in [5.74, 6) is -0.458. The molecule has 1 fully saturated rings. The maximum atomic E-state index is 11.6. The zero-order chi connectivity index (χ0) is 14.8. The van der Waals surface area contributed by atoms with Gasteiger partial charge in [0.2, 0.25) is 0 Å². The van der Waals surface area contributed by atoms with E-state index in [1.54, 1.807) is 33.8 Å². The molecule has 21 heavy (non-hydrogen) atoms. The summed E-state index contributed by atoms with van der Waals surface area (Å²) in [5.41, 5.74) is 5.66. The van der Waals surface area contributed by atoms with Gasteiger partial charge >= 0.3 is 0 Å². The highest BCUT2D eigenvalue weighted by Crippen LogP contribution is 2.20.